The molecular formula is C15H21N3O3. The van der Waals surface area contributed by atoms with Gasteiger partial charge in [0.2, 0.25) is 5.91 Å². The second-order valence-electron chi connectivity index (χ2n) is 5.05. The van der Waals surface area contributed by atoms with E-state index in [9.17, 15) is 9.59 Å². The number of ether oxygens (including phenoxy) is 1. The van der Waals surface area contributed by atoms with Crippen LogP contribution in [0.15, 0.2) is 18.2 Å². The van der Waals surface area contributed by atoms with Gasteiger partial charge in [-0.25, -0.2) is 0 Å². The largest absolute Gasteiger partial charge is 0.496 e. The molecule has 2 rings (SSSR count). The number of benzene rings is 1. The number of rotatable bonds is 5. The number of nitrogen functional groups attached to an aromatic ring is 1. The fraction of sp³-hybridized carbons (Fsp3) is 0.467. The summed E-state index contributed by atoms with van der Waals surface area (Å²) in [6, 6.07) is 4.86. The average molecular weight is 291 g/mol. The van der Waals surface area contributed by atoms with Crippen LogP contribution in [0.2, 0.25) is 0 Å². The van der Waals surface area contributed by atoms with Crippen LogP contribution in [0.3, 0.4) is 0 Å². The summed E-state index contributed by atoms with van der Waals surface area (Å²) in [6.45, 7) is 1.98. The van der Waals surface area contributed by atoms with Gasteiger partial charge < -0.3 is 20.7 Å². The van der Waals surface area contributed by atoms with Gasteiger partial charge >= 0.3 is 0 Å². The molecule has 0 saturated carbocycles. The third-order valence-corrected chi connectivity index (χ3v) is 3.55. The molecule has 114 valence electrons. The van der Waals surface area contributed by atoms with Gasteiger partial charge in [-0.15, -0.1) is 0 Å². The molecule has 6 nitrogen and oxygen atoms in total. The molecular weight excluding hydrogens is 270 g/mol. The van der Waals surface area contributed by atoms with Crippen molar-refractivity contribution in [2.45, 2.75) is 19.3 Å². The maximum atomic E-state index is 12.1. The Bertz CT molecular complexity index is 525. The minimum Gasteiger partial charge on any atom is -0.496 e. The van der Waals surface area contributed by atoms with E-state index in [1.165, 1.54) is 7.11 Å². The summed E-state index contributed by atoms with van der Waals surface area (Å²) in [4.78, 5) is 25.8. The monoisotopic (exact) mass is 291 g/mol. The highest BCUT2D eigenvalue weighted by atomic mass is 16.5. The average Bonchev–Trinajstić information content (AvgIpc) is 3.01. The molecule has 1 aliphatic heterocycles. The summed E-state index contributed by atoms with van der Waals surface area (Å²) >= 11 is 0. The SMILES string of the molecule is COc1cc(N)ccc1C(=O)NCCC(=O)N1CCCC1. The summed E-state index contributed by atoms with van der Waals surface area (Å²) in [7, 11) is 1.49. The number of nitrogens with zero attached hydrogens (tertiary/aromatic N) is 1. The predicted molar refractivity (Wildman–Crippen MR) is 80.2 cm³/mol. The number of hydrogen-bond donors (Lipinski definition) is 2. The first-order valence-corrected chi connectivity index (χ1v) is 7.11. The molecule has 6 heteroatoms. The van der Waals surface area contributed by atoms with E-state index in [1.807, 2.05) is 4.90 Å². The van der Waals surface area contributed by atoms with E-state index in [2.05, 4.69) is 5.32 Å². The molecule has 0 aliphatic carbocycles. The fourth-order valence-corrected chi connectivity index (χ4v) is 2.40. The second-order valence-corrected chi connectivity index (χ2v) is 5.05. The van der Waals surface area contributed by atoms with Crippen LogP contribution in [0.1, 0.15) is 29.6 Å². The summed E-state index contributed by atoms with van der Waals surface area (Å²) < 4.78 is 5.14. The molecule has 2 amide bonds. The third-order valence-electron chi connectivity index (χ3n) is 3.55. The molecule has 0 bridgehead atoms. The van der Waals surface area contributed by atoms with Crippen molar-refractivity contribution in [1.29, 1.82) is 0 Å². The zero-order chi connectivity index (χ0) is 15.2. The first-order chi connectivity index (χ1) is 10.1. The fourth-order valence-electron chi connectivity index (χ4n) is 2.40. The maximum Gasteiger partial charge on any atom is 0.255 e. The summed E-state index contributed by atoms with van der Waals surface area (Å²) in [6.07, 6.45) is 2.46. The lowest BCUT2D eigenvalue weighted by Crippen LogP contribution is -2.32. The Morgan fingerprint density at radius 1 is 1.33 bits per heavy atom. The van der Waals surface area contributed by atoms with Crippen LogP contribution in [0.5, 0.6) is 5.75 Å². The first kappa shape index (κ1) is 15.2. The standard InChI is InChI=1S/C15H21N3O3/c1-21-13-10-11(16)4-5-12(13)15(20)17-7-6-14(19)18-8-2-3-9-18/h4-5,10H,2-3,6-9,16H2,1H3,(H,17,20). The molecule has 0 spiro atoms. The van der Waals surface area contributed by atoms with Gasteiger partial charge in [-0.3, -0.25) is 9.59 Å². The number of carbonyl (C=O) groups is 2. The minimum absolute atomic E-state index is 0.0945. The van der Waals surface area contributed by atoms with E-state index in [1.54, 1.807) is 18.2 Å². The Balaban J connectivity index is 1.85. The first-order valence-electron chi connectivity index (χ1n) is 7.11. The Hall–Kier alpha value is -2.24. The van der Waals surface area contributed by atoms with Crippen molar-refractivity contribution >= 4 is 17.5 Å². The normalized spacial score (nSPS) is 14.0. The third kappa shape index (κ3) is 3.87. The molecule has 21 heavy (non-hydrogen) atoms. The Morgan fingerprint density at radius 3 is 2.71 bits per heavy atom. The van der Waals surface area contributed by atoms with Crippen molar-refractivity contribution in [3.63, 3.8) is 0 Å². The smallest absolute Gasteiger partial charge is 0.255 e. The van der Waals surface area contributed by atoms with Crippen molar-refractivity contribution in [3.8, 4) is 5.75 Å². The minimum atomic E-state index is -0.263. The van der Waals surface area contributed by atoms with E-state index in [4.69, 9.17) is 10.5 Å². The molecule has 1 aromatic carbocycles. The highest BCUT2D eigenvalue weighted by Gasteiger charge is 2.18. The van der Waals surface area contributed by atoms with Crippen molar-refractivity contribution in [2.75, 3.05) is 32.5 Å². The molecule has 0 radical (unpaired) electrons. The van der Waals surface area contributed by atoms with Crippen LogP contribution in [0, 0.1) is 0 Å². The van der Waals surface area contributed by atoms with Gasteiger partial charge in [0.25, 0.3) is 5.91 Å². The maximum absolute atomic E-state index is 12.1. The second kappa shape index (κ2) is 6.97. The molecule has 0 aromatic heterocycles. The molecule has 3 N–H and O–H groups in total. The Kier molecular flexibility index (Phi) is 5.03. The highest BCUT2D eigenvalue weighted by molar-refractivity contribution is 5.97. The van der Waals surface area contributed by atoms with Crippen molar-refractivity contribution in [1.82, 2.24) is 10.2 Å². The van der Waals surface area contributed by atoms with Gasteiger partial charge in [0.1, 0.15) is 5.75 Å². The van der Waals surface area contributed by atoms with Gasteiger partial charge in [-0.1, -0.05) is 0 Å². The zero-order valence-corrected chi connectivity index (χ0v) is 12.2. The van der Waals surface area contributed by atoms with E-state index < -0.39 is 0 Å². The number of amides is 2. The van der Waals surface area contributed by atoms with Crippen molar-refractivity contribution < 1.29 is 14.3 Å². The number of carbonyl (C=O) groups excluding carboxylic acids is 2. The van der Waals surface area contributed by atoms with Crippen LogP contribution in [0.25, 0.3) is 0 Å². The highest BCUT2D eigenvalue weighted by Crippen LogP contribution is 2.21. The van der Waals surface area contributed by atoms with Crippen LogP contribution in [-0.4, -0.2) is 43.5 Å². The number of anilines is 1. The van der Waals surface area contributed by atoms with E-state index in [-0.39, 0.29) is 11.8 Å². The van der Waals surface area contributed by atoms with Gasteiger partial charge in [0.15, 0.2) is 0 Å². The molecule has 1 saturated heterocycles. The lowest BCUT2D eigenvalue weighted by atomic mass is 10.1. The molecule has 0 unspecified atom stereocenters. The van der Waals surface area contributed by atoms with Gasteiger partial charge in [0.05, 0.1) is 12.7 Å². The molecule has 1 fully saturated rings. The Morgan fingerprint density at radius 2 is 2.05 bits per heavy atom. The van der Waals surface area contributed by atoms with Crippen LogP contribution in [-0.2, 0) is 4.79 Å². The molecule has 1 heterocycles. The molecule has 1 aromatic rings. The van der Waals surface area contributed by atoms with Gasteiger partial charge in [0, 0.05) is 37.8 Å². The van der Waals surface area contributed by atoms with Gasteiger partial charge in [-0.05, 0) is 25.0 Å². The Labute approximate surface area is 124 Å². The predicted octanol–water partition coefficient (Wildman–Crippen LogP) is 1.02. The summed E-state index contributed by atoms with van der Waals surface area (Å²) in [5, 5.41) is 2.74. The van der Waals surface area contributed by atoms with Crippen molar-refractivity contribution in [3.05, 3.63) is 23.8 Å². The van der Waals surface area contributed by atoms with Gasteiger partial charge in [-0.2, -0.15) is 0 Å². The summed E-state index contributed by atoms with van der Waals surface area (Å²) in [5.41, 5.74) is 6.60. The number of hydrogen-bond acceptors (Lipinski definition) is 4. The van der Waals surface area contributed by atoms with E-state index >= 15 is 0 Å². The quantitative estimate of drug-likeness (QED) is 0.793. The number of likely N-dealkylation sites (tertiary alicyclic amines) is 1. The van der Waals surface area contributed by atoms with Crippen LogP contribution >= 0.6 is 0 Å². The lowest BCUT2D eigenvalue weighted by molar-refractivity contribution is -0.129. The molecule has 1 aliphatic rings. The van der Waals surface area contributed by atoms with Crippen LogP contribution in [0.4, 0.5) is 5.69 Å². The number of nitrogens with one attached hydrogen (secondary N) is 1. The zero-order valence-electron chi connectivity index (χ0n) is 12.2. The summed E-state index contributed by atoms with van der Waals surface area (Å²) in [5.74, 6) is 0.261. The van der Waals surface area contributed by atoms with Crippen LogP contribution < -0.4 is 15.8 Å². The van der Waals surface area contributed by atoms with E-state index in [0.29, 0.717) is 30.0 Å². The number of nitrogens with two attached hydrogens (primary N) is 1. The lowest BCUT2D eigenvalue weighted by Gasteiger charge is -2.15. The number of methoxy groups -OCH3 is 1. The van der Waals surface area contributed by atoms with E-state index in [0.717, 1.165) is 25.9 Å². The van der Waals surface area contributed by atoms with Crippen molar-refractivity contribution in [2.24, 2.45) is 0 Å². The molecule has 0 atom stereocenters. The topological polar surface area (TPSA) is 84.7 Å².